The Kier molecular flexibility index (Phi) is 3.11. The molecule has 0 saturated carbocycles. The Labute approximate surface area is 61.5 Å². The molecule has 0 atom stereocenters. The van der Waals surface area contributed by atoms with E-state index in [1.807, 2.05) is 60.7 Å². The Balaban J connectivity index is 0.0000001000. The van der Waals surface area contributed by atoms with E-state index in [0.29, 0.717) is 0 Å². The van der Waals surface area contributed by atoms with Crippen LogP contribution in [0.3, 0.4) is 0 Å². The minimum absolute atomic E-state index is 2.00. The van der Waals surface area contributed by atoms with Gasteiger partial charge >= 0.3 is 0 Å². The van der Waals surface area contributed by atoms with Crippen LogP contribution in [-0.4, -0.2) is 0 Å². The van der Waals surface area contributed by atoms with Crippen LogP contribution in [0.2, 0.25) is 0 Å². The molecule has 0 fully saturated rings. The van der Waals surface area contributed by atoms with Gasteiger partial charge in [0, 0.05) is 0 Å². The number of rotatable bonds is 0. The molecule has 0 saturated heterocycles. The van der Waals surface area contributed by atoms with E-state index in [0.717, 1.165) is 0 Å². The fourth-order valence-corrected chi connectivity index (χ4v) is 0.642. The zero-order chi connectivity index (χ0) is 7.07. The summed E-state index contributed by atoms with van der Waals surface area (Å²) in [5.74, 6) is 0. The molecule has 0 heterocycles. The summed E-state index contributed by atoms with van der Waals surface area (Å²) in [6.07, 6.45) is 0. The summed E-state index contributed by atoms with van der Waals surface area (Å²) in [4.78, 5) is 0. The third-order valence-corrected chi connectivity index (χ3v) is 1.11. The Morgan fingerprint density at radius 1 is 0.500 bits per heavy atom. The first-order valence-electron chi connectivity index (χ1n) is 3.33. The van der Waals surface area contributed by atoms with Crippen molar-refractivity contribution < 1.29 is 0 Å². The average Bonchev–Trinajstić information content (AvgIpc) is 2.67. The minimum atomic E-state index is 2.00. The highest BCUT2D eigenvalue weighted by molar-refractivity contribution is 4.99. The maximum Gasteiger partial charge on any atom is -0.172 e. The second-order valence-corrected chi connectivity index (χ2v) is 1.92. The van der Waals surface area contributed by atoms with E-state index in [1.54, 1.807) is 0 Å². The van der Waals surface area contributed by atoms with Gasteiger partial charge in [0.1, 0.15) is 0 Å². The van der Waals surface area contributed by atoms with Crippen molar-refractivity contribution in [2.24, 2.45) is 0 Å². The predicted octanol–water partition coefficient (Wildman–Crippen LogP) is 2.81. The summed E-state index contributed by atoms with van der Waals surface area (Å²) in [7, 11) is 0. The topological polar surface area (TPSA) is 0 Å². The Bertz CT molecular complexity index is 139. The molecule has 0 amide bonds. The molecule has 0 aromatic heterocycles. The summed E-state index contributed by atoms with van der Waals surface area (Å²) in [5.41, 5.74) is 0. The standard InChI is InChI=1S/2C5H5/c2*1-2-4-5-3-1/h2*1-5H/q2*-1. The van der Waals surface area contributed by atoms with Crippen molar-refractivity contribution in [2.75, 3.05) is 0 Å². The first-order valence-corrected chi connectivity index (χ1v) is 3.33. The fourth-order valence-electron chi connectivity index (χ4n) is 0.642. The molecule has 10 heavy (non-hydrogen) atoms. The highest BCUT2D eigenvalue weighted by Crippen LogP contribution is 1.80. The van der Waals surface area contributed by atoms with Gasteiger partial charge in [0.15, 0.2) is 0 Å². The van der Waals surface area contributed by atoms with Crippen LogP contribution >= 0.6 is 0 Å². The Hall–Kier alpha value is -1.30. The molecule has 2 aromatic rings. The molecule has 0 unspecified atom stereocenters. The van der Waals surface area contributed by atoms with Crippen molar-refractivity contribution in [1.29, 1.82) is 0 Å². The number of hydrogen-bond donors (Lipinski definition) is 0. The van der Waals surface area contributed by atoms with Gasteiger partial charge in [-0.1, -0.05) is 0 Å². The minimum Gasteiger partial charge on any atom is -0.214 e. The van der Waals surface area contributed by atoms with Crippen molar-refractivity contribution in [1.82, 2.24) is 0 Å². The third kappa shape index (κ3) is 2.88. The van der Waals surface area contributed by atoms with Gasteiger partial charge in [0.25, 0.3) is 0 Å². The van der Waals surface area contributed by atoms with Gasteiger partial charge in [-0.3, -0.25) is 0 Å². The van der Waals surface area contributed by atoms with Crippen LogP contribution in [0.5, 0.6) is 0 Å². The lowest BCUT2D eigenvalue weighted by atomic mass is 10.7. The van der Waals surface area contributed by atoms with Crippen LogP contribution in [0.25, 0.3) is 0 Å². The molecule has 0 N–H and O–H groups in total. The van der Waals surface area contributed by atoms with Crippen molar-refractivity contribution in [3.05, 3.63) is 60.7 Å². The summed E-state index contributed by atoms with van der Waals surface area (Å²) in [6.45, 7) is 0. The summed E-state index contributed by atoms with van der Waals surface area (Å²) in [6, 6.07) is 20.0. The highest BCUT2D eigenvalue weighted by atomic mass is 13.7. The van der Waals surface area contributed by atoms with Crippen molar-refractivity contribution >= 4 is 0 Å². The second-order valence-electron chi connectivity index (χ2n) is 1.92. The molecule has 2 rings (SSSR count). The molecule has 0 radical (unpaired) electrons. The van der Waals surface area contributed by atoms with Crippen LogP contribution in [0, 0.1) is 0 Å². The molecule has 2 aromatic carbocycles. The zero-order valence-corrected chi connectivity index (χ0v) is 5.77. The molecule has 0 nitrogen and oxygen atoms in total. The fraction of sp³-hybridized carbons (Fsp3) is 0. The van der Waals surface area contributed by atoms with Gasteiger partial charge < -0.3 is 0 Å². The van der Waals surface area contributed by atoms with Gasteiger partial charge in [0.2, 0.25) is 0 Å². The van der Waals surface area contributed by atoms with E-state index in [9.17, 15) is 0 Å². The zero-order valence-electron chi connectivity index (χ0n) is 5.77. The Morgan fingerprint density at radius 2 is 0.800 bits per heavy atom. The molecular formula is C10H10-2. The van der Waals surface area contributed by atoms with Crippen LogP contribution in [-0.2, 0) is 0 Å². The number of hydrogen-bond acceptors (Lipinski definition) is 0. The lowest BCUT2D eigenvalue weighted by molar-refractivity contribution is 2.03. The van der Waals surface area contributed by atoms with Crippen LogP contribution < -0.4 is 0 Å². The normalized spacial score (nSPS) is 8.00. The van der Waals surface area contributed by atoms with E-state index in [-0.39, 0.29) is 0 Å². The third-order valence-electron chi connectivity index (χ3n) is 1.11. The lowest BCUT2D eigenvalue weighted by Crippen LogP contribution is -1.16. The van der Waals surface area contributed by atoms with E-state index in [1.165, 1.54) is 0 Å². The van der Waals surface area contributed by atoms with Crippen LogP contribution in [0.1, 0.15) is 0 Å². The molecule has 0 aliphatic rings. The molecule has 0 heteroatoms. The average molecular weight is 130 g/mol. The molecule has 0 spiro atoms. The maximum absolute atomic E-state index is 2.00. The summed E-state index contributed by atoms with van der Waals surface area (Å²) in [5, 5.41) is 0. The van der Waals surface area contributed by atoms with E-state index in [4.69, 9.17) is 0 Å². The summed E-state index contributed by atoms with van der Waals surface area (Å²) >= 11 is 0. The Morgan fingerprint density at radius 3 is 0.900 bits per heavy atom. The van der Waals surface area contributed by atoms with Gasteiger partial charge in [0.05, 0.1) is 0 Å². The van der Waals surface area contributed by atoms with Gasteiger partial charge in [-0.15, -0.1) is 0 Å². The van der Waals surface area contributed by atoms with E-state index in [2.05, 4.69) is 0 Å². The van der Waals surface area contributed by atoms with Crippen LogP contribution in [0.4, 0.5) is 0 Å². The van der Waals surface area contributed by atoms with Crippen LogP contribution in [0.15, 0.2) is 60.7 Å². The molecular weight excluding hydrogens is 120 g/mol. The first kappa shape index (κ1) is 6.81. The highest BCUT2D eigenvalue weighted by Gasteiger charge is 1.45. The molecule has 0 aliphatic carbocycles. The van der Waals surface area contributed by atoms with E-state index >= 15 is 0 Å². The predicted molar refractivity (Wildman–Crippen MR) is 44.1 cm³/mol. The second kappa shape index (κ2) is 4.57. The maximum atomic E-state index is 2.00. The van der Waals surface area contributed by atoms with Crippen molar-refractivity contribution in [3.8, 4) is 0 Å². The molecule has 52 valence electrons. The first-order chi connectivity index (χ1) is 5.00. The SMILES string of the molecule is c1cc[cH-]c1.c1cc[cH-]c1. The smallest absolute Gasteiger partial charge is 0.172 e. The largest absolute Gasteiger partial charge is 0.214 e. The van der Waals surface area contributed by atoms with Crippen molar-refractivity contribution in [2.45, 2.75) is 0 Å². The molecule has 0 bridgehead atoms. The monoisotopic (exact) mass is 130 g/mol. The quantitative estimate of drug-likeness (QED) is 0.481. The lowest BCUT2D eigenvalue weighted by Gasteiger charge is -1.53. The van der Waals surface area contributed by atoms with E-state index < -0.39 is 0 Å². The van der Waals surface area contributed by atoms with Gasteiger partial charge in [-0.25, -0.2) is 24.3 Å². The molecule has 0 aliphatic heterocycles. The summed E-state index contributed by atoms with van der Waals surface area (Å²) < 4.78 is 0. The van der Waals surface area contributed by atoms with Crippen molar-refractivity contribution in [3.63, 3.8) is 0 Å². The van der Waals surface area contributed by atoms with Gasteiger partial charge in [-0.2, -0.15) is 36.4 Å². The van der Waals surface area contributed by atoms with Gasteiger partial charge in [-0.05, 0) is 0 Å².